The van der Waals surface area contributed by atoms with Crippen LogP contribution in [0.1, 0.15) is 34.1 Å². The molecule has 2 unspecified atom stereocenters. The fourth-order valence-electron chi connectivity index (χ4n) is 1.60. The van der Waals surface area contributed by atoms with Crippen LogP contribution in [0, 0.1) is 11.3 Å². The fourth-order valence-corrected chi connectivity index (χ4v) is 3.05. The second-order valence-corrected chi connectivity index (χ2v) is 5.16. The summed E-state index contributed by atoms with van der Waals surface area (Å²) in [7, 11) is 0.297. The Morgan fingerprint density at radius 3 is 2.00 bits per heavy atom. The first-order valence-electron chi connectivity index (χ1n) is 4.55. The van der Waals surface area contributed by atoms with Crippen LogP contribution in [-0.4, -0.2) is 22.8 Å². The molecule has 0 aliphatic carbocycles. The SMILES string of the molecule is CC(C)N(C(C)C)C(CC#N)PCl. The van der Waals surface area contributed by atoms with Gasteiger partial charge in [0.2, 0.25) is 0 Å². The van der Waals surface area contributed by atoms with Gasteiger partial charge in [-0.25, -0.2) is 0 Å². The first kappa shape index (κ1) is 13.2. The summed E-state index contributed by atoms with van der Waals surface area (Å²) in [5.41, 5.74) is 0. The largest absolute Gasteiger partial charge is 0.290 e. The molecule has 2 nitrogen and oxygen atoms in total. The van der Waals surface area contributed by atoms with Gasteiger partial charge in [-0.1, -0.05) is 11.2 Å². The summed E-state index contributed by atoms with van der Waals surface area (Å²) in [5, 5.41) is 8.65. The first-order chi connectivity index (χ1) is 6.04. The van der Waals surface area contributed by atoms with E-state index in [9.17, 15) is 0 Å². The number of nitrogens with zero attached hydrogens (tertiary/aromatic N) is 2. The molecule has 0 radical (unpaired) electrons. The summed E-state index contributed by atoms with van der Waals surface area (Å²) in [4.78, 5) is 2.30. The summed E-state index contributed by atoms with van der Waals surface area (Å²) in [5.74, 6) is 0.215. The third kappa shape index (κ3) is 4.27. The summed E-state index contributed by atoms with van der Waals surface area (Å²) < 4.78 is 0. The van der Waals surface area contributed by atoms with E-state index in [0.717, 1.165) is 0 Å². The highest BCUT2D eigenvalue weighted by Gasteiger charge is 2.22. The van der Waals surface area contributed by atoms with Gasteiger partial charge in [-0.2, -0.15) is 5.26 Å². The molecule has 0 fully saturated rings. The molecular formula is C9H18ClN2P. The normalized spacial score (nSPS) is 14.7. The smallest absolute Gasteiger partial charge is 0.0642 e. The van der Waals surface area contributed by atoms with Gasteiger partial charge >= 0.3 is 0 Å². The molecule has 2 atom stereocenters. The lowest BCUT2D eigenvalue weighted by Gasteiger charge is -2.35. The zero-order valence-corrected chi connectivity index (χ0v) is 10.5. The second-order valence-electron chi connectivity index (χ2n) is 3.62. The maximum atomic E-state index is 8.65. The van der Waals surface area contributed by atoms with Gasteiger partial charge < -0.3 is 0 Å². The highest BCUT2D eigenvalue weighted by molar-refractivity contribution is 7.69. The van der Waals surface area contributed by atoms with Crippen molar-refractivity contribution in [3.8, 4) is 6.07 Å². The van der Waals surface area contributed by atoms with Gasteiger partial charge in [0.15, 0.2) is 0 Å². The van der Waals surface area contributed by atoms with Crippen LogP contribution in [0.2, 0.25) is 0 Å². The minimum absolute atomic E-state index is 0.215. The van der Waals surface area contributed by atoms with Crippen LogP contribution in [0.15, 0.2) is 0 Å². The summed E-state index contributed by atoms with van der Waals surface area (Å²) in [6.45, 7) is 8.56. The van der Waals surface area contributed by atoms with Gasteiger partial charge in [0.25, 0.3) is 0 Å². The Balaban J connectivity index is 4.41. The molecular weight excluding hydrogens is 203 g/mol. The van der Waals surface area contributed by atoms with Gasteiger partial charge in [0.1, 0.15) is 0 Å². The Morgan fingerprint density at radius 1 is 1.31 bits per heavy atom. The van der Waals surface area contributed by atoms with Crippen molar-refractivity contribution in [3.63, 3.8) is 0 Å². The van der Waals surface area contributed by atoms with Crippen LogP contribution in [0.5, 0.6) is 0 Å². The molecule has 76 valence electrons. The molecule has 0 N–H and O–H groups in total. The van der Waals surface area contributed by atoms with E-state index in [0.29, 0.717) is 26.4 Å². The molecule has 0 rings (SSSR count). The Labute approximate surface area is 87.8 Å². The molecule has 0 aromatic heterocycles. The fraction of sp³-hybridized carbons (Fsp3) is 0.889. The summed E-state index contributed by atoms with van der Waals surface area (Å²) in [6, 6.07) is 3.09. The molecule has 13 heavy (non-hydrogen) atoms. The van der Waals surface area contributed by atoms with Crippen molar-refractivity contribution in [1.82, 2.24) is 4.90 Å². The van der Waals surface area contributed by atoms with Gasteiger partial charge in [-0.05, 0) is 35.6 Å². The molecule has 0 spiro atoms. The lowest BCUT2D eigenvalue weighted by atomic mass is 10.2. The lowest BCUT2D eigenvalue weighted by molar-refractivity contribution is 0.160. The Hall–Kier alpha value is 0.170. The second kappa shape index (κ2) is 6.60. The van der Waals surface area contributed by atoms with Crippen LogP contribution >= 0.6 is 19.2 Å². The van der Waals surface area contributed by atoms with Crippen molar-refractivity contribution in [2.45, 2.75) is 52.0 Å². The van der Waals surface area contributed by atoms with E-state index in [-0.39, 0.29) is 5.78 Å². The highest BCUT2D eigenvalue weighted by atomic mass is 35.7. The number of halogens is 1. The monoisotopic (exact) mass is 220 g/mol. The average Bonchev–Trinajstić information content (AvgIpc) is 2.02. The summed E-state index contributed by atoms with van der Waals surface area (Å²) in [6.07, 6.45) is 0.526. The van der Waals surface area contributed by atoms with Gasteiger partial charge in [-0.15, -0.1) is 0 Å². The Bertz CT molecular complexity index is 169. The minimum atomic E-state index is 0.215. The van der Waals surface area contributed by atoms with Crippen molar-refractivity contribution in [3.05, 3.63) is 0 Å². The quantitative estimate of drug-likeness (QED) is 0.666. The van der Waals surface area contributed by atoms with E-state index < -0.39 is 0 Å². The first-order valence-corrected chi connectivity index (χ1v) is 6.64. The molecule has 0 aromatic rings. The average molecular weight is 221 g/mol. The maximum absolute atomic E-state index is 8.65. The van der Waals surface area contributed by atoms with E-state index >= 15 is 0 Å². The predicted molar refractivity (Wildman–Crippen MR) is 60.3 cm³/mol. The van der Waals surface area contributed by atoms with Crippen molar-refractivity contribution in [2.24, 2.45) is 0 Å². The highest BCUT2D eigenvalue weighted by Crippen LogP contribution is 2.32. The zero-order valence-electron chi connectivity index (χ0n) is 8.71. The molecule has 0 saturated carbocycles. The molecule has 4 heteroatoms. The zero-order chi connectivity index (χ0) is 10.4. The van der Waals surface area contributed by atoms with E-state index in [1.807, 2.05) is 0 Å². The number of hydrogen-bond donors (Lipinski definition) is 0. The van der Waals surface area contributed by atoms with Crippen molar-refractivity contribution in [2.75, 3.05) is 0 Å². The standard InChI is InChI=1S/C9H18ClN2P/c1-7(2)12(8(3)4)9(13-10)5-6-11/h7-9,13H,5H2,1-4H3. The third-order valence-corrected chi connectivity index (χ3v) is 3.47. The van der Waals surface area contributed by atoms with Gasteiger partial charge in [0.05, 0.1) is 18.3 Å². The molecule has 0 aromatic carbocycles. The molecule has 0 aliphatic heterocycles. The number of nitriles is 1. The summed E-state index contributed by atoms with van der Waals surface area (Å²) >= 11 is 5.86. The van der Waals surface area contributed by atoms with Crippen molar-refractivity contribution < 1.29 is 0 Å². The van der Waals surface area contributed by atoms with E-state index in [1.165, 1.54) is 0 Å². The molecule has 0 aliphatic rings. The van der Waals surface area contributed by atoms with Crippen LogP contribution in [-0.2, 0) is 0 Å². The lowest BCUT2D eigenvalue weighted by Crippen LogP contribution is -2.42. The number of rotatable bonds is 5. The van der Waals surface area contributed by atoms with Crippen LogP contribution in [0.25, 0.3) is 0 Å². The van der Waals surface area contributed by atoms with Gasteiger partial charge in [0, 0.05) is 12.1 Å². The van der Waals surface area contributed by atoms with Crippen molar-refractivity contribution in [1.29, 1.82) is 5.26 Å². The molecule has 0 heterocycles. The number of hydrogen-bond acceptors (Lipinski definition) is 2. The van der Waals surface area contributed by atoms with Gasteiger partial charge in [-0.3, -0.25) is 4.90 Å². The Morgan fingerprint density at radius 2 is 1.77 bits per heavy atom. The van der Waals surface area contributed by atoms with E-state index in [4.69, 9.17) is 16.5 Å². The third-order valence-electron chi connectivity index (χ3n) is 1.96. The van der Waals surface area contributed by atoms with E-state index in [1.54, 1.807) is 0 Å². The minimum Gasteiger partial charge on any atom is -0.290 e. The predicted octanol–water partition coefficient (Wildman–Crippen LogP) is 3.18. The van der Waals surface area contributed by atoms with E-state index in [2.05, 4.69) is 38.7 Å². The Kier molecular flexibility index (Phi) is 6.68. The van der Waals surface area contributed by atoms with Crippen LogP contribution in [0.4, 0.5) is 0 Å². The van der Waals surface area contributed by atoms with Crippen molar-refractivity contribution >= 4 is 19.2 Å². The topological polar surface area (TPSA) is 27.0 Å². The maximum Gasteiger partial charge on any atom is 0.0642 e. The molecule has 0 bridgehead atoms. The van der Waals surface area contributed by atoms with Crippen LogP contribution in [0.3, 0.4) is 0 Å². The molecule has 0 amide bonds. The van der Waals surface area contributed by atoms with Crippen LogP contribution < -0.4 is 0 Å². The molecule has 0 saturated heterocycles.